The van der Waals surface area contributed by atoms with Crippen molar-refractivity contribution in [1.29, 1.82) is 0 Å². The summed E-state index contributed by atoms with van der Waals surface area (Å²) in [6, 6.07) is 4.69. The highest BCUT2D eigenvalue weighted by molar-refractivity contribution is 5.79. The summed E-state index contributed by atoms with van der Waals surface area (Å²) in [5, 5.41) is 10.4. The summed E-state index contributed by atoms with van der Waals surface area (Å²) in [5.41, 5.74) is -0.153. The zero-order valence-corrected chi connectivity index (χ0v) is 10.4. The van der Waals surface area contributed by atoms with Gasteiger partial charge in [-0.2, -0.15) is 0 Å². The maximum Gasteiger partial charge on any atom is 0.165 e. The standard InChI is InChI=1S/C14H17FO3/c1-18-13-3-2-10(8-12(13)15)9-14(17)6-4-11(16)5-7-14/h2-3,8,17H,4-7,9H2,1H3. The Bertz CT molecular complexity index is 446. The van der Waals surface area contributed by atoms with Gasteiger partial charge in [-0.15, -0.1) is 0 Å². The van der Waals surface area contributed by atoms with E-state index in [4.69, 9.17) is 4.74 Å². The van der Waals surface area contributed by atoms with Crippen molar-refractivity contribution in [3.05, 3.63) is 29.6 Å². The quantitative estimate of drug-likeness (QED) is 0.897. The van der Waals surface area contributed by atoms with E-state index in [9.17, 15) is 14.3 Å². The smallest absolute Gasteiger partial charge is 0.165 e. The zero-order valence-electron chi connectivity index (χ0n) is 10.4. The first kappa shape index (κ1) is 13.0. The second-order valence-electron chi connectivity index (χ2n) is 4.91. The molecule has 1 N–H and O–H groups in total. The van der Waals surface area contributed by atoms with Crippen LogP contribution in [0.5, 0.6) is 5.75 Å². The molecule has 1 aliphatic carbocycles. The molecule has 0 spiro atoms. The fraction of sp³-hybridized carbons (Fsp3) is 0.500. The lowest BCUT2D eigenvalue weighted by molar-refractivity contribution is -0.125. The third-order valence-electron chi connectivity index (χ3n) is 3.49. The number of benzene rings is 1. The van der Waals surface area contributed by atoms with Gasteiger partial charge in [0.05, 0.1) is 12.7 Å². The first-order valence-corrected chi connectivity index (χ1v) is 6.09. The fourth-order valence-corrected chi connectivity index (χ4v) is 2.37. The number of Topliss-reactive ketones (excluding diaryl/α,β-unsaturated/α-hetero) is 1. The summed E-state index contributed by atoms with van der Waals surface area (Å²) in [6.07, 6.45) is 2.12. The van der Waals surface area contributed by atoms with E-state index < -0.39 is 11.4 Å². The summed E-state index contributed by atoms with van der Waals surface area (Å²) in [6.45, 7) is 0. The van der Waals surface area contributed by atoms with Gasteiger partial charge in [0, 0.05) is 19.3 Å². The molecule has 0 radical (unpaired) electrons. The Hall–Kier alpha value is -1.42. The van der Waals surface area contributed by atoms with Gasteiger partial charge in [0.15, 0.2) is 11.6 Å². The average Bonchev–Trinajstić information content (AvgIpc) is 2.34. The number of methoxy groups -OCH3 is 1. The van der Waals surface area contributed by atoms with Gasteiger partial charge in [-0.25, -0.2) is 4.39 Å². The number of hydrogen-bond acceptors (Lipinski definition) is 3. The molecular weight excluding hydrogens is 235 g/mol. The minimum Gasteiger partial charge on any atom is -0.494 e. The maximum absolute atomic E-state index is 13.5. The molecule has 0 heterocycles. The predicted octanol–water partition coefficient (Wildman–Crippen LogP) is 2.25. The molecule has 4 heteroatoms. The molecule has 1 aromatic rings. The number of ether oxygens (including phenoxy) is 1. The number of halogens is 1. The van der Waals surface area contributed by atoms with Crippen LogP contribution < -0.4 is 4.74 Å². The normalized spacial score (nSPS) is 18.7. The Morgan fingerprint density at radius 2 is 2.06 bits per heavy atom. The van der Waals surface area contributed by atoms with Gasteiger partial charge in [-0.05, 0) is 30.5 Å². The third kappa shape index (κ3) is 2.88. The first-order chi connectivity index (χ1) is 8.52. The molecule has 1 saturated carbocycles. The lowest BCUT2D eigenvalue weighted by Crippen LogP contribution is -2.36. The molecule has 1 aromatic carbocycles. The molecule has 0 aliphatic heterocycles. The van der Waals surface area contributed by atoms with Crippen molar-refractivity contribution in [1.82, 2.24) is 0 Å². The molecule has 0 aromatic heterocycles. The van der Waals surface area contributed by atoms with Gasteiger partial charge in [0.2, 0.25) is 0 Å². The summed E-state index contributed by atoms with van der Waals surface area (Å²) < 4.78 is 18.4. The van der Waals surface area contributed by atoms with Crippen LogP contribution in [0.15, 0.2) is 18.2 Å². The largest absolute Gasteiger partial charge is 0.494 e. The van der Waals surface area contributed by atoms with Crippen LogP contribution in [0.1, 0.15) is 31.2 Å². The van der Waals surface area contributed by atoms with Crippen LogP contribution in [0.4, 0.5) is 4.39 Å². The van der Waals surface area contributed by atoms with Crippen molar-refractivity contribution in [2.45, 2.75) is 37.7 Å². The van der Waals surface area contributed by atoms with E-state index in [0.717, 1.165) is 5.56 Å². The topological polar surface area (TPSA) is 46.5 Å². The lowest BCUT2D eigenvalue weighted by Gasteiger charge is -2.31. The molecule has 0 amide bonds. The van der Waals surface area contributed by atoms with Crippen LogP contribution in [0.25, 0.3) is 0 Å². The minimum atomic E-state index is -0.880. The Morgan fingerprint density at radius 1 is 1.39 bits per heavy atom. The van der Waals surface area contributed by atoms with Crippen LogP contribution in [0.2, 0.25) is 0 Å². The Kier molecular flexibility index (Phi) is 3.66. The Balaban J connectivity index is 2.09. The molecule has 0 bridgehead atoms. The Labute approximate surface area is 106 Å². The number of carbonyl (C=O) groups excluding carboxylic acids is 1. The van der Waals surface area contributed by atoms with Crippen LogP contribution in [-0.2, 0) is 11.2 Å². The zero-order chi connectivity index (χ0) is 13.2. The van der Waals surface area contributed by atoms with Gasteiger partial charge < -0.3 is 9.84 Å². The fourth-order valence-electron chi connectivity index (χ4n) is 2.37. The van der Waals surface area contributed by atoms with Crippen LogP contribution in [-0.4, -0.2) is 23.6 Å². The molecule has 98 valence electrons. The van der Waals surface area contributed by atoms with Crippen LogP contribution >= 0.6 is 0 Å². The summed E-state index contributed by atoms with van der Waals surface area (Å²) >= 11 is 0. The van der Waals surface area contributed by atoms with E-state index in [1.807, 2.05) is 0 Å². The first-order valence-electron chi connectivity index (χ1n) is 6.09. The molecule has 0 saturated heterocycles. The van der Waals surface area contributed by atoms with Crippen molar-refractivity contribution in [2.24, 2.45) is 0 Å². The summed E-state index contributed by atoms with van der Waals surface area (Å²) in [5.74, 6) is -0.0318. The van der Waals surface area contributed by atoms with Crippen molar-refractivity contribution in [3.63, 3.8) is 0 Å². The van der Waals surface area contributed by atoms with Crippen molar-refractivity contribution < 1.29 is 19.0 Å². The number of aliphatic hydroxyl groups is 1. The van der Waals surface area contributed by atoms with Gasteiger partial charge >= 0.3 is 0 Å². The van der Waals surface area contributed by atoms with Gasteiger partial charge in [-0.1, -0.05) is 6.07 Å². The highest BCUT2D eigenvalue weighted by Crippen LogP contribution is 2.30. The molecule has 1 aliphatic rings. The van der Waals surface area contributed by atoms with E-state index in [1.54, 1.807) is 12.1 Å². The van der Waals surface area contributed by atoms with Crippen LogP contribution in [0, 0.1) is 5.82 Å². The van der Waals surface area contributed by atoms with E-state index in [2.05, 4.69) is 0 Å². The molecule has 0 atom stereocenters. The molecule has 3 nitrogen and oxygen atoms in total. The van der Waals surface area contributed by atoms with Crippen molar-refractivity contribution >= 4 is 5.78 Å². The monoisotopic (exact) mass is 252 g/mol. The van der Waals surface area contributed by atoms with Gasteiger partial charge in [0.25, 0.3) is 0 Å². The molecular formula is C14H17FO3. The maximum atomic E-state index is 13.5. The molecule has 18 heavy (non-hydrogen) atoms. The highest BCUT2D eigenvalue weighted by atomic mass is 19.1. The second-order valence-corrected chi connectivity index (χ2v) is 4.91. The molecule has 2 rings (SSSR count). The highest BCUT2D eigenvalue weighted by Gasteiger charge is 2.32. The van der Waals surface area contributed by atoms with E-state index in [1.165, 1.54) is 13.2 Å². The summed E-state index contributed by atoms with van der Waals surface area (Å²) in [4.78, 5) is 11.2. The molecule has 1 fully saturated rings. The van der Waals surface area contributed by atoms with E-state index >= 15 is 0 Å². The number of carbonyl (C=O) groups is 1. The van der Waals surface area contributed by atoms with Crippen LogP contribution in [0.3, 0.4) is 0 Å². The SMILES string of the molecule is COc1ccc(CC2(O)CCC(=O)CC2)cc1F. The minimum absolute atomic E-state index is 0.195. The van der Waals surface area contributed by atoms with E-state index in [-0.39, 0.29) is 11.5 Å². The van der Waals surface area contributed by atoms with E-state index in [0.29, 0.717) is 32.1 Å². The number of ketones is 1. The number of hydrogen-bond donors (Lipinski definition) is 1. The van der Waals surface area contributed by atoms with Crippen molar-refractivity contribution in [3.8, 4) is 5.75 Å². The Morgan fingerprint density at radius 3 is 2.61 bits per heavy atom. The number of rotatable bonds is 3. The predicted molar refractivity (Wildman–Crippen MR) is 65.1 cm³/mol. The second kappa shape index (κ2) is 5.06. The average molecular weight is 252 g/mol. The summed E-state index contributed by atoms with van der Waals surface area (Å²) in [7, 11) is 1.42. The molecule has 0 unspecified atom stereocenters. The van der Waals surface area contributed by atoms with Gasteiger partial charge in [0.1, 0.15) is 5.78 Å². The third-order valence-corrected chi connectivity index (χ3v) is 3.49. The van der Waals surface area contributed by atoms with Gasteiger partial charge in [-0.3, -0.25) is 4.79 Å². The lowest BCUT2D eigenvalue weighted by atomic mass is 9.80. The van der Waals surface area contributed by atoms with Crippen molar-refractivity contribution in [2.75, 3.05) is 7.11 Å².